The molecule has 0 aliphatic rings. The Hall–Kier alpha value is -3.74. The van der Waals surface area contributed by atoms with Crippen molar-refractivity contribution < 1.29 is 4.39 Å². The highest BCUT2D eigenvalue weighted by Crippen LogP contribution is 2.26. The van der Waals surface area contributed by atoms with Crippen LogP contribution in [0.15, 0.2) is 66.0 Å². The maximum Gasteiger partial charge on any atom is 0.180 e. The predicted molar refractivity (Wildman–Crippen MR) is 135 cm³/mol. The van der Waals surface area contributed by atoms with Crippen LogP contribution >= 0.6 is 0 Å². The lowest BCUT2D eigenvalue weighted by Gasteiger charge is -2.13. The zero-order valence-electron chi connectivity index (χ0n) is 19.3. The second kappa shape index (κ2) is 9.81. The average Bonchev–Trinajstić information content (AvgIpc) is 3.43. The summed E-state index contributed by atoms with van der Waals surface area (Å²) in [5.41, 5.74) is 5.61. The summed E-state index contributed by atoms with van der Waals surface area (Å²) in [6.07, 6.45) is 10.2. The smallest absolute Gasteiger partial charge is 0.180 e. The zero-order chi connectivity index (χ0) is 23.4. The number of imidazole rings is 1. The average molecular weight is 445 g/mol. The number of aliphatic imine (C=N–C) groups is 1. The summed E-state index contributed by atoms with van der Waals surface area (Å²) < 4.78 is 16.1. The van der Waals surface area contributed by atoms with Crippen LogP contribution < -0.4 is 5.32 Å². The number of nitrogens with zero attached hydrogens (tertiary/aromatic N) is 4. The van der Waals surface area contributed by atoms with E-state index in [9.17, 15) is 4.39 Å². The standard InChI is InChI=1S/C26H29FN6/c1-5-17(2)24-15-31-26-25(29-11-10-19-13-30-22-9-7-6-8-21(19)22)32-23(16-33(24)26)18(3)12-20(27)14-28-4/h6-9,12-17,30H,4-5,10-11H2,1-3H3,(H,29,32)/b18-12+,20-14+. The van der Waals surface area contributed by atoms with Gasteiger partial charge in [-0.3, -0.25) is 9.39 Å². The minimum absolute atomic E-state index is 0.334. The molecular formula is C26H29FN6. The largest absolute Gasteiger partial charge is 0.367 e. The van der Waals surface area contributed by atoms with Gasteiger partial charge < -0.3 is 10.3 Å². The SMILES string of the molecule is C=N/C=C(F)\C=C(/C)c1cn2c(C(C)CC)cnc2c(NCCc2c[nH]c3ccccc23)n1. The van der Waals surface area contributed by atoms with Crippen molar-refractivity contribution in [2.45, 2.75) is 39.5 Å². The second-order valence-corrected chi connectivity index (χ2v) is 8.22. The maximum atomic E-state index is 14.0. The Labute approximate surface area is 193 Å². The molecule has 33 heavy (non-hydrogen) atoms. The fourth-order valence-electron chi connectivity index (χ4n) is 3.95. The van der Waals surface area contributed by atoms with Gasteiger partial charge in [-0.2, -0.15) is 0 Å². The first kappa shape index (κ1) is 22.5. The third kappa shape index (κ3) is 4.72. The molecule has 6 nitrogen and oxygen atoms in total. The van der Waals surface area contributed by atoms with Crippen LogP contribution in [-0.4, -0.2) is 32.6 Å². The van der Waals surface area contributed by atoms with Gasteiger partial charge in [0.05, 0.1) is 11.9 Å². The molecule has 3 aromatic heterocycles. The first-order valence-electron chi connectivity index (χ1n) is 11.2. The first-order valence-corrected chi connectivity index (χ1v) is 11.2. The van der Waals surface area contributed by atoms with Gasteiger partial charge in [-0.1, -0.05) is 32.0 Å². The Bertz CT molecular complexity index is 1340. The zero-order valence-corrected chi connectivity index (χ0v) is 19.3. The Kier molecular flexibility index (Phi) is 6.68. The number of hydrogen-bond acceptors (Lipinski definition) is 4. The summed E-state index contributed by atoms with van der Waals surface area (Å²) in [4.78, 5) is 16.2. The van der Waals surface area contributed by atoms with Gasteiger partial charge in [0.25, 0.3) is 0 Å². The second-order valence-electron chi connectivity index (χ2n) is 8.22. The van der Waals surface area contributed by atoms with E-state index in [1.807, 2.05) is 31.5 Å². The van der Waals surface area contributed by atoms with Crippen LogP contribution in [0, 0.1) is 0 Å². The van der Waals surface area contributed by atoms with Crippen LogP contribution in [0.3, 0.4) is 0 Å². The van der Waals surface area contributed by atoms with E-state index in [2.05, 4.69) is 63.6 Å². The number of benzene rings is 1. The highest BCUT2D eigenvalue weighted by atomic mass is 19.1. The number of nitrogens with one attached hydrogen (secondary N) is 2. The van der Waals surface area contributed by atoms with Crippen molar-refractivity contribution in [3.05, 3.63) is 77.9 Å². The molecule has 170 valence electrons. The van der Waals surface area contributed by atoms with E-state index in [-0.39, 0.29) is 0 Å². The summed E-state index contributed by atoms with van der Waals surface area (Å²) in [5, 5.41) is 4.69. The number of rotatable bonds is 9. The van der Waals surface area contributed by atoms with Crippen molar-refractivity contribution in [2.24, 2.45) is 4.99 Å². The molecule has 1 aromatic carbocycles. The van der Waals surface area contributed by atoms with Gasteiger partial charge in [-0.05, 0) is 55.7 Å². The van der Waals surface area contributed by atoms with Crippen LogP contribution in [0.5, 0.6) is 0 Å². The molecule has 4 aromatic rings. The maximum absolute atomic E-state index is 14.0. The van der Waals surface area contributed by atoms with Gasteiger partial charge in [0, 0.05) is 41.7 Å². The Morgan fingerprint density at radius 3 is 2.97 bits per heavy atom. The van der Waals surface area contributed by atoms with Crippen molar-refractivity contribution in [3.63, 3.8) is 0 Å². The molecule has 3 heterocycles. The molecule has 0 radical (unpaired) electrons. The number of aromatic amines is 1. The van der Waals surface area contributed by atoms with Gasteiger partial charge in [-0.15, -0.1) is 0 Å². The third-order valence-corrected chi connectivity index (χ3v) is 5.97. The van der Waals surface area contributed by atoms with Gasteiger partial charge >= 0.3 is 0 Å². The molecule has 0 bridgehead atoms. The quantitative estimate of drug-likeness (QED) is 0.235. The molecule has 0 amide bonds. The summed E-state index contributed by atoms with van der Waals surface area (Å²) in [7, 11) is 0. The molecule has 0 fully saturated rings. The molecule has 0 saturated carbocycles. The Balaban J connectivity index is 1.67. The molecule has 4 rings (SSSR count). The van der Waals surface area contributed by atoms with Crippen LogP contribution in [0.4, 0.5) is 10.2 Å². The molecular weight excluding hydrogens is 415 g/mol. The topological polar surface area (TPSA) is 70.4 Å². The molecule has 1 unspecified atom stereocenters. The van der Waals surface area contributed by atoms with Crippen molar-refractivity contribution in [1.29, 1.82) is 0 Å². The van der Waals surface area contributed by atoms with E-state index in [1.165, 1.54) is 17.0 Å². The Morgan fingerprint density at radius 1 is 1.36 bits per heavy atom. The first-order chi connectivity index (χ1) is 16.0. The summed E-state index contributed by atoms with van der Waals surface area (Å²) in [6, 6.07) is 8.28. The number of para-hydroxylation sites is 1. The minimum Gasteiger partial charge on any atom is -0.367 e. The minimum atomic E-state index is -0.467. The highest BCUT2D eigenvalue weighted by molar-refractivity contribution is 5.83. The summed E-state index contributed by atoms with van der Waals surface area (Å²) in [6.45, 7) is 10.2. The highest BCUT2D eigenvalue weighted by Gasteiger charge is 2.16. The van der Waals surface area contributed by atoms with Crippen LogP contribution in [-0.2, 0) is 6.42 Å². The number of halogens is 1. The van der Waals surface area contributed by atoms with Gasteiger partial charge in [0.1, 0.15) is 5.83 Å². The fourth-order valence-corrected chi connectivity index (χ4v) is 3.95. The van der Waals surface area contributed by atoms with E-state index < -0.39 is 5.83 Å². The van der Waals surface area contributed by atoms with Crippen LogP contribution in [0.25, 0.3) is 22.1 Å². The number of hydrogen-bond donors (Lipinski definition) is 2. The molecule has 2 N–H and O–H groups in total. The van der Waals surface area contributed by atoms with Crippen molar-refractivity contribution in [1.82, 2.24) is 19.4 Å². The van der Waals surface area contributed by atoms with Crippen LogP contribution in [0.2, 0.25) is 0 Å². The molecule has 0 spiro atoms. The van der Waals surface area contributed by atoms with Crippen molar-refractivity contribution in [3.8, 4) is 0 Å². The molecule has 0 saturated heterocycles. The molecule has 0 aliphatic carbocycles. The predicted octanol–water partition coefficient (Wildman–Crippen LogP) is 6.29. The molecule has 7 heteroatoms. The van der Waals surface area contributed by atoms with Crippen LogP contribution in [0.1, 0.15) is 50.1 Å². The third-order valence-electron chi connectivity index (χ3n) is 5.97. The van der Waals surface area contributed by atoms with E-state index in [0.717, 1.165) is 35.9 Å². The lowest BCUT2D eigenvalue weighted by molar-refractivity contribution is 0.664. The van der Waals surface area contributed by atoms with E-state index in [0.29, 0.717) is 29.5 Å². The lowest BCUT2D eigenvalue weighted by Crippen LogP contribution is -2.10. The monoisotopic (exact) mass is 444 g/mol. The number of allylic oxidation sites excluding steroid dienone is 3. The van der Waals surface area contributed by atoms with Gasteiger partial charge in [0.2, 0.25) is 0 Å². The number of H-pyrrole nitrogens is 1. The van der Waals surface area contributed by atoms with E-state index >= 15 is 0 Å². The lowest BCUT2D eigenvalue weighted by atomic mass is 10.1. The van der Waals surface area contributed by atoms with Crippen molar-refractivity contribution in [2.75, 3.05) is 11.9 Å². The summed E-state index contributed by atoms with van der Waals surface area (Å²) >= 11 is 0. The van der Waals surface area contributed by atoms with E-state index in [1.54, 1.807) is 0 Å². The molecule has 1 atom stereocenters. The Morgan fingerprint density at radius 2 is 2.18 bits per heavy atom. The van der Waals surface area contributed by atoms with Gasteiger partial charge in [0.15, 0.2) is 11.5 Å². The fraction of sp³-hybridized carbons (Fsp3) is 0.269. The normalized spacial score (nSPS) is 13.6. The number of anilines is 1. The van der Waals surface area contributed by atoms with Gasteiger partial charge in [-0.25, -0.2) is 14.4 Å². The van der Waals surface area contributed by atoms with Crippen molar-refractivity contribution >= 4 is 34.7 Å². The number of aromatic nitrogens is 4. The molecule has 0 aliphatic heterocycles. The summed E-state index contributed by atoms with van der Waals surface area (Å²) in [5.74, 6) is 0.548. The number of fused-ring (bicyclic) bond motifs is 2. The van der Waals surface area contributed by atoms with E-state index in [4.69, 9.17) is 4.98 Å².